The van der Waals surface area contributed by atoms with Gasteiger partial charge in [-0.3, -0.25) is 4.79 Å². The van der Waals surface area contributed by atoms with Gasteiger partial charge in [-0.25, -0.2) is 0 Å². The summed E-state index contributed by atoms with van der Waals surface area (Å²) in [6.07, 6.45) is 0. The first kappa shape index (κ1) is 15.7. The molecule has 0 unspecified atom stereocenters. The first-order valence-electron chi connectivity index (χ1n) is 6.44. The Labute approximate surface area is 134 Å². The minimum atomic E-state index is -0.212. The second-order valence-electron chi connectivity index (χ2n) is 5.01. The molecule has 110 valence electrons. The van der Waals surface area contributed by atoms with Gasteiger partial charge in [0, 0.05) is 19.3 Å². The van der Waals surface area contributed by atoms with Crippen molar-refractivity contribution in [2.24, 2.45) is 0 Å². The fourth-order valence-corrected chi connectivity index (χ4v) is 2.55. The maximum atomic E-state index is 12.5. The van der Waals surface area contributed by atoms with Crippen molar-refractivity contribution >= 4 is 34.8 Å². The van der Waals surface area contributed by atoms with Crippen molar-refractivity contribution in [2.75, 3.05) is 12.8 Å². The van der Waals surface area contributed by atoms with Crippen LogP contribution in [0.4, 0.5) is 5.69 Å². The lowest BCUT2D eigenvalue weighted by Gasteiger charge is -2.19. The molecule has 0 aromatic heterocycles. The molecule has 2 N–H and O–H groups in total. The lowest BCUT2D eigenvalue weighted by Crippen LogP contribution is -2.26. The van der Waals surface area contributed by atoms with Crippen LogP contribution in [0.1, 0.15) is 21.5 Å². The predicted octanol–water partition coefficient (Wildman–Crippen LogP) is 4.16. The molecule has 0 aliphatic heterocycles. The van der Waals surface area contributed by atoms with Crippen LogP contribution >= 0.6 is 23.2 Å². The third-order valence-electron chi connectivity index (χ3n) is 3.13. The highest BCUT2D eigenvalue weighted by Gasteiger charge is 2.18. The van der Waals surface area contributed by atoms with Gasteiger partial charge in [0.2, 0.25) is 0 Å². The van der Waals surface area contributed by atoms with E-state index in [1.807, 2.05) is 31.2 Å². The number of benzene rings is 2. The number of hydrogen-bond acceptors (Lipinski definition) is 2. The Balaban J connectivity index is 2.24. The topological polar surface area (TPSA) is 46.3 Å². The van der Waals surface area contributed by atoms with Gasteiger partial charge in [0.25, 0.3) is 5.91 Å². The maximum Gasteiger partial charge on any atom is 0.255 e. The number of nitrogen functional groups attached to an aromatic ring is 1. The zero-order valence-corrected chi connectivity index (χ0v) is 13.4. The highest BCUT2D eigenvalue weighted by molar-refractivity contribution is 6.44. The number of rotatable bonds is 3. The number of halogens is 2. The number of anilines is 1. The molecule has 0 fully saturated rings. The number of carbonyl (C=O) groups is 1. The lowest BCUT2D eigenvalue weighted by atomic mass is 10.1. The first-order valence-corrected chi connectivity index (χ1v) is 7.19. The van der Waals surface area contributed by atoms with E-state index in [2.05, 4.69) is 0 Å². The molecule has 3 nitrogen and oxygen atoms in total. The SMILES string of the molecule is Cc1cccc(CN(C)C(=O)c2cc(N)cc(Cl)c2Cl)c1. The van der Waals surface area contributed by atoms with Gasteiger partial charge >= 0.3 is 0 Å². The molecule has 0 atom stereocenters. The summed E-state index contributed by atoms with van der Waals surface area (Å²) in [7, 11) is 1.72. The van der Waals surface area contributed by atoms with Crippen molar-refractivity contribution in [1.29, 1.82) is 0 Å². The maximum absolute atomic E-state index is 12.5. The predicted molar refractivity (Wildman–Crippen MR) is 87.9 cm³/mol. The van der Waals surface area contributed by atoms with Crippen LogP contribution in [-0.2, 0) is 6.54 Å². The van der Waals surface area contributed by atoms with Crippen LogP contribution < -0.4 is 5.73 Å². The zero-order chi connectivity index (χ0) is 15.6. The lowest BCUT2D eigenvalue weighted by molar-refractivity contribution is 0.0785. The molecule has 0 aliphatic carbocycles. The average molecular weight is 323 g/mol. The number of nitrogens with zero attached hydrogens (tertiary/aromatic N) is 1. The molecule has 0 aliphatic rings. The van der Waals surface area contributed by atoms with Gasteiger partial charge in [-0.05, 0) is 24.6 Å². The molecular weight excluding hydrogens is 307 g/mol. The minimum Gasteiger partial charge on any atom is -0.399 e. The molecule has 0 spiro atoms. The average Bonchev–Trinajstić information content (AvgIpc) is 2.42. The Morgan fingerprint density at radius 2 is 1.95 bits per heavy atom. The quantitative estimate of drug-likeness (QED) is 0.862. The molecule has 5 heteroatoms. The Morgan fingerprint density at radius 3 is 2.62 bits per heavy atom. The van der Waals surface area contributed by atoms with Crippen LogP contribution in [0.2, 0.25) is 10.0 Å². The van der Waals surface area contributed by atoms with Crippen LogP contribution in [0.3, 0.4) is 0 Å². The standard InChI is InChI=1S/C16H16Cl2N2O/c1-10-4-3-5-11(6-10)9-20(2)16(21)13-7-12(19)8-14(17)15(13)18/h3-8H,9,19H2,1-2H3. The summed E-state index contributed by atoms with van der Waals surface area (Å²) in [5, 5.41) is 0.510. The molecule has 21 heavy (non-hydrogen) atoms. The number of amides is 1. The molecule has 2 aromatic rings. The Morgan fingerprint density at radius 1 is 1.24 bits per heavy atom. The van der Waals surface area contributed by atoms with E-state index in [-0.39, 0.29) is 16.0 Å². The summed E-state index contributed by atoms with van der Waals surface area (Å²) in [5.74, 6) is -0.212. The van der Waals surface area contributed by atoms with Crippen molar-refractivity contribution < 1.29 is 4.79 Å². The Hall–Kier alpha value is -1.71. The summed E-state index contributed by atoms with van der Waals surface area (Å²) in [6.45, 7) is 2.50. The second-order valence-corrected chi connectivity index (χ2v) is 5.80. The van der Waals surface area contributed by atoms with E-state index in [0.717, 1.165) is 11.1 Å². The van der Waals surface area contributed by atoms with E-state index < -0.39 is 0 Å². The van der Waals surface area contributed by atoms with E-state index in [4.69, 9.17) is 28.9 Å². The first-order chi connectivity index (χ1) is 9.88. The van der Waals surface area contributed by atoms with Crippen molar-refractivity contribution in [3.8, 4) is 0 Å². The fourth-order valence-electron chi connectivity index (χ4n) is 2.13. The highest BCUT2D eigenvalue weighted by Crippen LogP contribution is 2.29. The smallest absolute Gasteiger partial charge is 0.255 e. The summed E-state index contributed by atoms with van der Waals surface area (Å²) in [6, 6.07) is 11.1. The molecule has 0 saturated heterocycles. The van der Waals surface area contributed by atoms with E-state index in [1.165, 1.54) is 6.07 Å². The monoisotopic (exact) mass is 322 g/mol. The van der Waals surface area contributed by atoms with Gasteiger partial charge in [-0.15, -0.1) is 0 Å². The third kappa shape index (κ3) is 3.69. The minimum absolute atomic E-state index is 0.212. The van der Waals surface area contributed by atoms with E-state index in [1.54, 1.807) is 18.0 Å². The number of aryl methyl sites for hydroxylation is 1. The molecule has 1 amide bonds. The van der Waals surface area contributed by atoms with E-state index in [9.17, 15) is 4.79 Å². The number of carbonyl (C=O) groups excluding carboxylic acids is 1. The molecule has 0 radical (unpaired) electrons. The molecule has 0 bridgehead atoms. The summed E-state index contributed by atoms with van der Waals surface area (Å²) < 4.78 is 0. The van der Waals surface area contributed by atoms with Crippen LogP contribution in [-0.4, -0.2) is 17.9 Å². The van der Waals surface area contributed by atoms with Crippen molar-refractivity contribution in [2.45, 2.75) is 13.5 Å². The Bertz CT molecular complexity index is 686. The van der Waals surface area contributed by atoms with Gasteiger partial charge in [-0.2, -0.15) is 0 Å². The largest absolute Gasteiger partial charge is 0.399 e. The molecule has 2 aromatic carbocycles. The summed E-state index contributed by atoms with van der Waals surface area (Å²) in [5.41, 5.74) is 8.66. The molecular formula is C16H16Cl2N2O. The highest BCUT2D eigenvalue weighted by atomic mass is 35.5. The molecule has 2 rings (SSSR count). The normalized spacial score (nSPS) is 10.5. The fraction of sp³-hybridized carbons (Fsp3) is 0.188. The molecule has 0 saturated carbocycles. The number of nitrogens with two attached hydrogens (primary N) is 1. The van der Waals surface area contributed by atoms with Crippen molar-refractivity contribution in [1.82, 2.24) is 4.90 Å². The number of hydrogen-bond donors (Lipinski definition) is 1. The van der Waals surface area contributed by atoms with E-state index in [0.29, 0.717) is 17.8 Å². The van der Waals surface area contributed by atoms with Gasteiger partial charge in [0.1, 0.15) is 0 Å². The van der Waals surface area contributed by atoms with Crippen molar-refractivity contribution in [3.63, 3.8) is 0 Å². The van der Waals surface area contributed by atoms with Crippen LogP contribution in [0.25, 0.3) is 0 Å². The van der Waals surface area contributed by atoms with Crippen LogP contribution in [0.5, 0.6) is 0 Å². The van der Waals surface area contributed by atoms with Crippen LogP contribution in [0.15, 0.2) is 36.4 Å². The van der Waals surface area contributed by atoms with Gasteiger partial charge in [-0.1, -0.05) is 53.0 Å². The summed E-state index contributed by atoms with van der Waals surface area (Å²) in [4.78, 5) is 14.1. The Kier molecular flexibility index (Phi) is 4.76. The van der Waals surface area contributed by atoms with Gasteiger partial charge < -0.3 is 10.6 Å². The van der Waals surface area contributed by atoms with Crippen LogP contribution in [0, 0.1) is 6.92 Å². The van der Waals surface area contributed by atoms with Gasteiger partial charge in [0.15, 0.2) is 0 Å². The second kappa shape index (κ2) is 6.37. The zero-order valence-electron chi connectivity index (χ0n) is 11.9. The summed E-state index contributed by atoms with van der Waals surface area (Å²) >= 11 is 12.1. The third-order valence-corrected chi connectivity index (χ3v) is 3.93. The van der Waals surface area contributed by atoms with Crippen molar-refractivity contribution in [3.05, 3.63) is 63.1 Å². The molecule has 0 heterocycles. The van der Waals surface area contributed by atoms with Gasteiger partial charge in [0.05, 0.1) is 15.6 Å². The van der Waals surface area contributed by atoms with E-state index >= 15 is 0 Å².